The van der Waals surface area contributed by atoms with E-state index in [1.165, 1.54) is 0 Å². The first-order chi connectivity index (χ1) is 10.5. The maximum absolute atomic E-state index is 11.2. The molecule has 7 nitrogen and oxygen atoms in total. The van der Waals surface area contributed by atoms with Crippen molar-refractivity contribution >= 4 is 29.0 Å². The lowest BCUT2D eigenvalue weighted by atomic mass is 10.2. The number of aliphatic hydroxyl groups excluding tert-OH is 1. The minimum Gasteiger partial charge on any atom is -0.369 e. The largest absolute Gasteiger partial charge is 0.369 e. The first-order valence-electron chi connectivity index (χ1n) is 7.15. The van der Waals surface area contributed by atoms with Crippen LogP contribution >= 0.6 is 11.8 Å². The lowest BCUT2D eigenvalue weighted by molar-refractivity contribution is 0.192. The van der Waals surface area contributed by atoms with Crippen LogP contribution in [0.1, 0.15) is 12.1 Å². The quantitative estimate of drug-likeness (QED) is 0.849. The van der Waals surface area contributed by atoms with Gasteiger partial charge in [0.15, 0.2) is 6.23 Å². The molecule has 2 aliphatic rings. The van der Waals surface area contributed by atoms with E-state index >= 15 is 0 Å². The molecule has 8 heteroatoms. The predicted octanol–water partition coefficient (Wildman–Crippen LogP) is 0.733. The summed E-state index contributed by atoms with van der Waals surface area (Å²) < 4.78 is 0. The van der Waals surface area contributed by atoms with Crippen molar-refractivity contribution < 1.29 is 9.90 Å². The van der Waals surface area contributed by atoms with Crippen molar-refractivity contribution in [3.05, 3.63) is 22.9 Å². The third-order valence-electron chi connectivity index (χ3n) is 3.92. The second-order valence-electron chi connectivity index (χ2n) is 5.58. The average molecular weight is 321 g/mol. The number of anilines is 1. The molecule has 0 bridgehead atoms. The van der Waals surface area contributed by atoms with Gasteiger partial charge in [0, 0.05) is 30.7 Å². The molecule has 2 unspecified atom stereocenters. The third-order valence-corrected chi connectivity index (χ3v) is 4.80. The van der Waals surface area contributed by atoms with E-state index in [9.17, 15) is 9.90 Å². The molecule has 22 heavy (non-hydrogen) atoms. The summed E-state index contributed by atoms with van der Waals surface area (Å²) in [6.07, 6.45) is 3.56. The summed E-state index contributed by atoms with van der Waals surface area (Å²) in [5.74, 6) is 0.659. The summed E-state index contributed by atoms with van der Waals surface area (Å²) in [7, 11) is 4.11. The Morgan fingerprint density at radius 2 is 2.41 bits per heavy atom. The zero-order chi connectivity index (χ0) is 15.7. The summed E-state index contributed by atoms with van der Waals surface area (Å²) in [4.78, 5) is 25.0. The maximum Gasteiger partial charge on any atom is 0.285 e. The van der Waals surface area contributed by atoms with Gasteiger partial charge in [0.25, 0.3) is 5.24 Å². The van der Waals surface area contributed by atoms with E-state index in [4.69, 9.17) is 0 Å². The van der Waals surface area contributed by atoms with Crippen LogP contribution in [-0.4, -0.2) is 64.7 Å². The van der Waals surface area contributed by atoms with Gasteiger partial charge in [-0.1, -0.05) is 0 Å². The van der Waals surface area contributed by atoms with Crippen LogP contribution in [0, 0.1) is 0 Å². The van der Waals surface area contributed by atoms with Crippen molar-refractivity contribution in [2.24, 2.45) is 0 Å². The highest BCUT2D eigenvalue weighted by molar-refractivity contribution is 8.17. The molecule has 3 rings (SSSR count). The zero-order valence-corrected chi connectivity index (χ0v) is 13.4. The van der Waals surface area contributed by atoms with Crippen LogP contribution in [0.5, 0.6) is 0 Å². The molecule has 1 aromatic rings. The number of likely N-dealkylation sites (N-methyl/N-ethyl adjacent to an activating group) is 2. The number of thioether (sulfide) groups is 1. The SMILES string of the molecule is CN1CCC(N(C)c2nccc(/C=C3\SC(=O)NC3O)n2)C1. The lowest BCUT2D eigenvalue weighted by Crippen LogP contribution is -2.35. The minimum absolute atomic E-state index is 0.251. The van der Waals surface area contributed by atoms with E-state index in [0.717, 1.165) is 31.3 Å². The summed E-state index contributed by atoms with van der Waals surface area (Å²) in [5, 5.41) is 11.9. The Bertz CT molecular complexity index is 609. The number of nitrogens with one attached hydrogen (secondary N) is 1. The molecule has 0 radical (unpaired) electrons. The van der Waals surface area contributed by atoms with Gasteiger partial charge < -0.3 is 20.2 Å². The molecule has 2 atom stereocenters. The van der Waals surface area contributed by atoms with Gasteiger partial charge in [0.2, 0.25) is 5.95 Å². The molecular formula is C14H19N5O2S. The second kappa shape index (κ2) is 6.23. The number of nitrogens with zero attached hydrogens (tertiary/aromatic N) is 4. The van der Waals surface area contributed by atoms with E-state index in [1.807, 2.05) is 7.05 Å². The number of carbonyl (C=O) groups is 1. The van der Waals surface area contributed by atoms with Crippen molar-refractivity contribution in [3.63, 3.8) is 0 Å². The smallest absolute Gasteiger partial charge is 0.285 e. The summed E-state index contributed by atoms with van der Waals surface area (Å²) in [6.45, 7) is 2.08. The number of aromatic nitrogens is 2. The van der Waals surface area contributed by atoms with Crippen molar-refractivity contribution in [1.29, 1.82) is 0 Å². The van der Waals surface area contributed by atoms with E-state index in [2.05, 4.69) is 32.1 Å². The first kappa shape index (κ1) is 15.3. The van der Waals surface area contributed by atoms with Gasteiger partial charge in [0.1, 0.15) is 0 Å². The molecule has 0 aromatic carbocycles. The molecule has 0 saturated carbocycles. The number of hydrogen-bond donors (Lipinski definition) is 2. The number of carbonyl (C=O) groups excluding carboxylic acids is 1. The van der Waals surface area contributed by atoms with Crippen molar-refractivity contribution in [2.45, 2.75) is 18.7 Å². The monoisotopic (exact) mass is 321 g/mol. The zero-order valence-electron chi connectivity index (χ0n) is 12.6. The highest BCUT2D eigenvalue weighted by Gasteiger charge is 2.26. The molecule has 1 aromatic heterocycles. The molecule has 0 aliphatic carbocycles. The molecule has 2 saturated heterocycles. The number of rotatable bonds is 3. The van der Waals surface area contributed by atoms with Gasteiger partial charge >= 0.3 is 0 Å². The fourth-order valence-corrected chi connectivity index (χ4v) is 3.37. The van der Waals surface area contributed by atoms with Gasteiger partial charge in [-0.3, -0.25) is 4.79 Å². The molecule has 118 valence electrons. The number of likely N-dealkylation sites (tertiary alicyclic amines) is 1. The molecule has 2 N–H and O–H groups in total. The highest BCUT2D eigenvalue weighted by Crippen LogP contribution is 2.28. The highest BCUT2D eigenvalue weighted by atomic mass is 32.2. The normalized spacial score (nSPS) is 27.4. The van der Waals surface area contributed by atoms with Crippen LogP contribution < -0.4 is 10.2 Å². The molecule has 2 fully saturated rings. The van der Waals surface area contributed by atoms with Gasteiger partial charge in [-0.15, -0.1) is 0 Å². The Kier molecular flexibility index (Phi) is 4.32. The van der Waals surface area contributed by atoms with Gasteiger partial charge in [-0.2, -0.15) is 0 Å². The molecule has 3 heterocycles. The maximum atomic E-state index is 11.2. The second-order valence-corrected chi connectivity index (χ2v) is 6.63. The Balaban J connectivity index is 1.78. The predicted molar refractivity (Wildman–Crippen MR) is 86.4 cm³/mol. The van der Waals surface area contributed by atoms with Crippen molar-refractivity contribution in [3.8, 4) is 0 Å². The van der Waals surface area contributed by atoms with Crippen LogP contribution in [-0.2, 0) is 0 Å². The number of aliphatic hydroxyl groups is 1. The van der Waals surface area contributed by atoms with Crippen molar-refractivity contribution in [2.75, 3.05) is 32.1 Å². The van der Waals surface area contributed by atoms with Gasteiger partial charge in [0.05, 0.1) is 5.69 Å². The summed E-state index contributed by atoms with van der Waals surface area (Å²) >= 11 is 0.989. The Morgan fingerprint density at radius 3 is 3.05 bits per heavy atom. The number of amides is 1. The standard InChI is InChI=1S/C14H19N5O2S/c1-18-6-4-10(8-18)19(2)13-15-5-3-9(16-13)7-11-12(20)17-14(21)22-11/h3,5,7,10,12,20H,4,6,8H2,1-2H3,(H,17,21)/b11-7-. The van der Waals surface area contributed by atoms with E-state index in [0.29, 0.717) is 22.6 Å². The summed E-state index contributed by atoms with van der Waals surface area (Å²) in [6, 6.07) is 2.17. The van der Waals surface area contributed by atoms with Crippen LogP contribution in [0.25, 0.3) is 6.08 Å². The van der Waals surface area contributed by atoms with Gasteiger partial charge in [-0.25, -0.2) is 9.97 Å². The third kappa shape index (κ3) is 3.23. The molecule has 1 amide bonds. The Labute approximate surface area is 133 Å². The first-order valence-corrected chi connectivity index (χ1v) is 7.97. The van der Waals surface area contributed by atoms with Crippen molar-refractivity contribution in [1.82, 2.24) is 20.2 Å². The summed E-state index contributed by atoms with van der Waals surface area (Å²) in [5.41, 5.74) is 0.682. The fourth-order valence-electron chi connectivity index (χ4n) is 2.63. The van der Waals surface area contributed by atoms with E-state index < -0.39 is 6.23 Å². The van der Waals surface area contributed by atoms with E-state index in [-0.39, 0.29) is 5.24 Å². The molecule has 0 spiro atoms. The van der Waals surface area contributed by atoms with E-state index in [1.54, 1.807) is 18.3 Å². The fraction of sp³-hybridized carbons (Fsp3) is 0.500. The molecular weight excluding hydrogens is 302 g/mol. The Morgan fingerprint density at radius 1 is 1.59 bits per heavy atom. The van der Waals surface area contributed by atoms with Crippen LogP contribution in [0.4, 0.5) is 10.7 Å². The molecule has 2 aliphatic heterocycles. The Hall–Kier alpha value is -1.64. The van der Waals surface area contributed by atoms with Crippen LogP contribution in [0.15, 0.2) is 17.2 Å². The lowest BCUT2D eigenvalue weighted by Gasteiger charge is -2.24. The van der Waals surface area contributed by atoms with Gasteiger partial charge in [-0.05, 0) is 43.9 Å². The average Bonchev–Trinajstić information content (AvgIpc) is 3.05. The topological polar surface area (TPSA) is 81.6 Å². The van der Waals surface area contributed by atoms with Crippen LogP contribution in [0.2, 0.25) is 0 Å². The minimum atomic E-state index is -0.947. The number of hydrogen-bond acceptors (Lipinski definition) is 7. The van der Waals surface area contributed by atoms with Crippen LogP contribution in [0.3, 0.4) is 0 Å².